The van der Waals surface area contributed by atoms with E-state index >= 15 is 0 Å². The first-order valence-electron chi connectivity index (χ1n) is 9.74. The molecule has 3 aromatic rings. The van der Waals surface area contributed by atoms with E-state index in [4.69, 9.17) is 16.3 Å². The van der Waals surface area contributed by atoms with Gasteiger partial charge in [-0.3, -0.25) is 4.79 Å². The van der Waals surface area contributed by atoms with Crippen molar-refractivity contribution in [2.24, 2.45) is 0 Å². The van der Waals surface area contributed by atoms with Crippen molar-refractivity contribution in [3.63, 3.8) is 0 Å². The summed E-state index contributed by atoms with van der Waals surface area (Å²) in [5.74, 6) is 0.490. The molecule has 0 bridgehead atoms. The van der Waals surface area contributed by atoms with Gasteiger partial charge in [0.25, 0.3) is 5.91 Å². The highest BCUT2D eigenvalue weighted by atomic mass is 35.5. The van der Waals surface area contributed by atoms with E-state index in [-0.39, 0.29) is 17.0 Å². The predicted octanol–water partition coefficient (Wildman–Crippen LogP) is 4.94. The number of nitrogens with zero attached hydrogens (tertiary/aromatic N) is 1. The Morgan fingerprint density at radius 1 is 0.935 bits per heavy atom. The van der Waals surface area contributed by atoms with E-state index in [0.717, 1.165) is 16.9 Å². The summed E-state index contributed by atoms with van der Waals surface area (Å²) in [4.78, 5) is 25.8. The molecule has 6 nitrogen and oxygen atoms in total. The van der Waals surface area contributed by atoms with Crippen LogP contribution in [-0.2, 0) is 13.2 Å². The van der Waals surface area contributed by atoms with Gasteiger partial charge in [-0.25, -0.2) is 4.79 Å². The van der Waals surface area contributed by atoms with Crippen LogP contribution in [0.4, 0.5) is 10.5 Å². The zero-order valence-electron chi connectivity index (χ0n) is 17.4. The van der Waals surface area contributed by atoms with E-state index in [2.05, 4.69) is 10.6 Å². The monoisotopic (exact) mass is 437 g/mol. The molecule has 0 unspecified atom stereocenters. The van der Waals surface area contributed by atoms with Crippen LogP contribution in [0, 0.1) is 0 Å². The molecule has 0 atom stereocenters. The van der Waals surface area contributed by atoms with E-state index in [1.165, 1.54) is 4.90 Å². The molecule has 31 heavy (non-hydrogen) atoms. The number of amides is 3. The molecule has 3 aromatic carbocycles. The molecule has 0 radical (unpaired) electrons. The van der Waals surface area contributed by atoms with E-state index in [1.807, 2.05) is 54.6 Å². The van der Waals surface area contributed by atoms with Gasteiger partial charge >= 0.3 is 6.03 Å². The van der Waals surface area contributed by atoms with Crippen molar-refractivity contribution >= 4 is 29.2 Å². The van der Waals surface area contributed by atoms with Crippen LogP contribution in [0.3, 0.4) is 0 Å². The topological polar surface area (TPSA) is 70.7 Å². The number of urea groups is 1. The highest BCUT2D eigenvalue weighted by molar-refractivity contribution is 6.34. The van der Waals surface area contributed by atoms with Crippen LogP contribution < -0.4 is 15.4 Å². The minimum Gasteiger partial charge on any atom is -0.489 e. The van der Waals surface area contributed by atoms with Gasteiger partial charge in [-0.1, -0.05) is 54.1 Å². The van der Waals surface area contributed by atoms with Crippen molar-refractivity contribution in [1.82, 2.24) is 10.2 Å². The molecule has 0 aromatic heterocycles. The second-order valence-electron chi connectivity index (χ2n) is 7.07. The highest BCUT2D eigenvalue weighted by Crippen LogP contribution is 2.22. The van der Waals surface area contributed by atoms with Crippen LogP contribution in [0.25, 0.3) is 0 Å². The maximum atomic E-state index is 12.6. The molecule has 0 spiro atoms. The largest absolute Gasteiger partial charge is 0.489 e. The van der Waals surface area contributed by atoms with Crippen molar-refractivity contribution < 1.29 is 14.3 Å². The van der Waals surface area contributed by atoms with E-state index in [9.17, 15) is 9.59 Å². The average Bonchev–Trinajstić information content (AvgIpc) is 2.77. The van der Waals surface area contributed by atoms with Gasteiger partial charge in [-0.15, -0.1) is 0 Å². The Hall–Kier alpha value is -3.51. The minimum absolute atomic E-state index is 0.259. The van der Waals surface area contributed by atoms with Crippen molar-refractivity contribution in [1.29, 1.82) is 0 Å². The summed E-state index contributed by atoms with van der Waals surface area (Å²) in [6, 6.07) is 21.9. The van der Waals surface area contributed by atoms with Crippen LogP contribution >= 0.6 is 11.6 Å². The maximum Gasteiger partial charge on any atom is 0.321 e. The van der Waals surface area contributed by atoms with Gasteiger partial charge in [0.15, 0.2) is 0 Å². The molecule has 0 aliphatic rings. The molecule has 160 valence electrons. The Labute approximate surface area is 186 Å². The van der Waals surface area contributed by atoms with Crippen molar-refractivity contribution in [2.75, 3.05) is 19.4 Å². The van der Waals surface area contributed by atoms with Crippen molar-refractivity contribution in [3.05, 3.63) is 94.5 Å². The number of hydrogen-bond donors (Lipinski definition) is 2. The summed E-state index contributed by atoms with van der Waals surface area (Å²) < 4.78 is 5.83. The van der Waals surface area contributed by atoms with Crippen LogP contribution in [0.1, 0.15) is 21.5 Å². The number of anilines is 1. The zero-order chi connectivity index (χ0) is 22.2. The van der Waals surface area contributed by atoms with Gasteiger partial charge < -0.3 is 20.3 Å². The third-order valence-corrected chi connectivity index (χ3v) is 4.88. The first-order chi connectivity index (χ1) is 14.9. The number of halogens is 1. The number of rotatable bonds is 7. The van der Waals surface area contributed by atoms with Gasteiger partial charge in [0.05, 0.1) is 10.6 Å². The number of carbonyl (C=O) groups excluding carboxylic acids is 2. The summed E-state index contributed by atoms with van der Waals surface area (Å²) in [6.07, 6.45) is 0. The van der Waals surface area contributed by atoms with Crippen LogP contribution in [0.15, 0.2) is 72.8 Å². The van der Waals surface area contributed by atoms with Crippen LogP contribution in [-0.4, -0.2) is 30.9 Å². The van der Waals surface area contributed by atoms with Crippen LogP contribution in [0.2, 0.25) is 5.02 Å². The lowest BCUT2D eigenvalue weighted by molar-refractivity contribution is 0.0951. The lowest BCUT2D eigenvalue weighted by Gasteiger charge is -2.14. The molecular weight excluding hydrogens is 414 g/mol. The Balaban J connectivity index is 1.62. The number of benzene rings is 3. The first kappa shape index (κ1) is 22.2. The van der Waals surface area contributed by atoms with E-state index < -0.39 is 0 Å². The van der Waals surface area contributed by atoms with E-state index in [1.54, 1.807) is 32.3 Å². The molecule has 0 fully saturated rings. The molecule has 0 saturated heterocycles. The zero-order valence-corrected chi connectivity index (χ0v) is 18.1. The lowest BCUT2D eigenvalue weighted by atomic mass is 10.1. The Kier molecular flexibility index (Phi) is 7.51. The standard InChI is InChI=1S/C24H24ClN3O3/c1-28(2)24(30)27-19-12-13-21(22(25)14-19)23(29)26-15-17-8-6-7-9-18(17)16-31-20-10-4-3-5-11-20/h3-14H,15-16H2,1-2H3,(H,26,29)(H,27,30). The van der Waals surface area contributed by atoms with Crippen LogP contribution in [0.5, 0.6) is 5.75 Å². The summed E-state index contributed by atoms with van der Waals surface area (Å²) >= 11 is 6.27. The summed E-state index contributed by atoms with van der Waals surface area (Å²) in [5, 5.41) is 5.86. The summed E-state index contributed by atoms with van der Waals surface area (Å²) in [7, 11) is 3.28. The molecule has 3 amide bonds. The number of nitrogens with one attached hydrogen (secondary N) is 2. The molecule has 0 heterocycles. The molecule has 0 aliphatic carbocycles. The van der Waals surface area contributed by atoms with Crippen molar-refractivity contribution in [3.8, 4) is 5.75 Å². The minimum atomic E-state index is -0.297. The van der Waals surface area contributed by atoms with Gasteiger partial charge in [0.1, 0.15) is 12.4 Å². The fraction of sp³-hybridized carbons (Fsp3) is 0.167. The van der Waals surface area contributed by atoms with Gasteiger partial charge in [-0.05, 0) is 41.5 Å². The Bertz CT molecular complexity index is 1050. The Morgan fingerprint density at radius 2 is 1.61 bits per heavy atom. The third kappa shape index (κ3) is 6.23. The van der Waals surface area contributed by atoms with Gasteiger partial charge in [-0.2, -0.15) is 0 Å². The highest BCUT2D eigenvalue weighted by Gasteiger charge is 2.13. The fourth-order valence-electron chi connectivity index (χ4n) is 2.83. The fourth-order valence-corrected chi connectivity index (χ4v) is 3.10. The smallest absolute Gasteiger partial charge is 0.321 e. The molecule has 0 aliphatic heterocycles. The molecule has 3 rings (SSSR count). The second-order valence-corrected chi connectivity index (χ2v) is 7.48. The second kappa shape index (κ2) is 10.5. The number of carbonyl (C=O) groups is 2. The Morgan fingerprint density at radius 3 is 2.29 bits per heavy atom. The van der Waals surface area contributed by atoms with Crippen molar-refractivity contribution in [2.45, 2.75) is 13.2 Å². The average molecular weight is 438 g/mol. The molecular formula is C24H24ClN3O3. The maximum absolute atomic E-state index is 12.6. The van der Waals surface area contributed by atoms with Gasteiger partial charge in [0.2, 0.25) is 0 Å². The lowest BCUT2D eigenvalue weighted by Crippen LogP contribution is -2.27. The molecule has 0 saturated carbocycles. The molecule has 2 N–H and O–H groups in total. The normalized spacial score (nSPS) is 10.3. The quantitative estimate of drug-likeness (QED) is 0.549. The summed E-state index contributed by atoms with van der Waals surface area (Å²) in [5.41, 5.74) is 2.79. The van der Waals surface area contributed by atoms with Gasteiger partial charge in [0, 0.05) is 26.3 Å². The molecule has 7 heteroatoms. The summed E-state index contributed by atoms with van der Waals surface area (Å²) in [6.45, 7) is 0.736. The predicted molar refractivity (Wildman–Crippen MR) is 123 cm³/mol. The van der Waals surface area contributed by atoms with E-state index in [0.29, 0.717) is 24.4 Å². The SMILES string of the molecule is CN(C)C(=O)Nc1ccc(C(=O)NCc2ccccc2COc2ccccc2)c(Cl)c1. The number of hydrogen-bond acceptors (Lipinski definition) is 3. The number of ether oxygens (including phenoxy) is 1. The number of para-hydroxylation sites is 1. The third-order valence-electron chi connectivity index (χ3n) is 4.57. The first-order valence-corrected chi connectivity index (χ1v) is 10.1.